The van der Waals surface area contributed by atoms with E-state index in [1.165, 1.54) is 12.1 Å². The molecular weight excluding hydrogens is 278 g/mol. The number of nitrogens with zero attached hydrogens (tertiary/aromatic N) is 1. The fraction of sp³-hybridized carbons (Fsp3) is 0.385. The van der Waals surface area contributed by atoms with Crippen LogP contribution in [0.25, 0.3) is 0 Å². The van der Waals surface area contributed by atoms with Crippen LogP contribution in [-0.2, 0) is 9.53 Å². The van der Waals surface area contributed by atoms with Crippen LogP contribution in [0.3, 0.4) is 0 Å². The number of nitro benzene ring substituents is 1. The van der Waals surface area contributed by atoms with Gasteiger partial charge in [0.25, 0.3) is 11.6 Å². The number of rotatable bonds is 6. The zero-order valence-electron chi connectivity index (χ0n) is 11.4. The van der Waals surface area contributed by atoms with Crippen molar-refractivity contribution in [2.24, 2.45) is 0 Å². The molecule has 0 aromatic heterocycles. The minimum Gasteiger partial charge on any atom is -0.452 e. The maximum atomic E-state index is 11.9. The molecular formula is C13H15N3O5. The summed E-state index contributed by atoms with van der Waals surface area (Å²) in [5, 5.41) is 16.2. The standard InChI is InChI=1S/C13H15N3O5/c1-14-11-5-4-9(16(19)20)6-10(11)13(18)21-7-12(17)15-8-2-3-8/h4-6,8,14H,2-3,7H2,1H3,(H,15,17). The fourth-order valence-electron chi connectivity index (χ4n) is 1.74. The fourth-order valence-corrected chi connectivity index (χ4v) is 1.74. The van der Waals surface area contributed by atoms with Crippen molar-refractivity contribution < 1.29 is 19.2 Å². The molecule has 0 heterocycles. The zero-order valence-corrected chi connectivity index (χ0v) is 11.4. The number of hydrogen-bond acceptors (Lipinski definition) is 6. The van der Waals surface area contributed by atoms with Crippen LogP contribution in [0.2, 0.25) is 0 Å². The number of nitro groups is 1. The third-order valence-electron chi connectivity index (χ3n) is 2.98. The lowest BCUT2D eigenvalue weighted by molar-refractivity contribution is -0.384. The van der Waals surface area contributed by atoms with E-state index in [0.29, 0.717) is 5.69 Å². The normalized spacial score (nSPS) is 13.4. The van der Waals surface area contributed by atoms with E-state index >= 15 is 0 Å². The average Bonchev–Trinajstić information content (AvgIpc) is 3.27. The summed E-state index contributed by atoms with van der Waals surface area (Å²) in [6.07, 6.45) is 1.88. The minimum atomic E-state index is -0.783. The van der Waals surface area contributed by atoms with E-state index < -0.39 is 17.5 Å². The lowest BCUT2D eigenvalue weighted by Crippen LogP contribution is -2.30. The third kappa shape index (κ3) is 3.91. The Bertz CT molecular complexity index is 583. The first-order chi connectivity index (χ1) is 10.0. The summed E-state index contributed by atoms with van der Waals surface area (Å²) >= 11 is 0. The Morgan fingerprint density at radius 1 is 1.43 bits per heavy atom. The van der Waals surface area contributed by atoms with Gasteiger partial charge in [-0.15, -0.1) is 0 Å². The van der Waals surface area contributed by atoms with Gasteiger partial charge < -0.3 is 15.4 Å². The molecule has 0 unspecified atom stereocenters. The number of non-ortho nitro benzene ring substituents is 1. The van der Waals surface area contributed by atoms with Gasteiger partial charge in [0, 0.05) is 30.9 Å². The monoisotopic (exact) mass is 293 g/mol. The highest BCUT2D eigenvalue weighted by molar-refractivity contribution is 5.97. The number of amides is 1. The highest BCUT2D eigenvalue weighted by Crippen LogP contribution is 2.22. The van der Waals surface area contributed by atoms with E-state index in [-0.39, 0.29) is 23.2 Å². The number of esters is 1. The quantitative estimate of drug-likeness (QED) is 0.461. The van der Waals surface area contributed by atoms with Crippen molar-refractivity contribution in [3.8, 4) is 0 Å². The van der Waals surface area contributed by atoms with Crippen LogP contribution in [-0.4, -0.2) is 36.5 Å². The summed E-state index contributed by atoms with van der Waals surface area (Å²) in [6, 6.07) is 4.00. The molecule has 0 atom stereocenters. The van der Waals surface area contributed by atoms with Gasteiger partial charge in [-0.1, -0.05) is 0 Å². The van der Waals surface area contributed by atoms with Gasteiger partial charge in [0.1, 0.15) is 0 Å². The number of benzene rings is 1. The zero-order chi connectivity index (χ0) is 15.4. The Labute approximate surface area is 120 Å². The molecule has 21 heavy (non-hydrogen) atoms. The largest absolute Gasteiger partial charge is 0.452 e. The van der Waals surface area contributed by atoms with Crippen molar-refractivity contribution in [3.63, 3.8) is 0 Å². The van der Waals surface area contributed by atoms with Gasteiger partial charge in [-0.2, -0.15) is 0 Å². The first-order valence-corrected chi connectivity index (χ1v) is 6.44. The molecule has 1 amide bonds. The Morgan fingerprint density at radius 2 is 2.14 bits per heavy atom. The first-order valence-electron chi connectivity index (χ1n) is 6.44. The summed E-state index contributed by atoms with van der Waals surface area (Å²) < 4.78 is 4.88. The highest BCUT2D eigenvalue weighted by atomic mass is 16.6. The summed E-state index contributed by atoms with van der Waals surface area (Å²) in [7, 11) is 1.58. The van der Waals surface area contributed by atoms with Crippen molar-refractivity contribution in [2.75, 3.05) is 19.0 Å². The molecule has 0 spiro atoms. The van der Waals surface area contributed by atoms with E-state index in [2.05, 4.69) is 10.6 Å². The van der Waals surface area contributed by atoms with Gasteiger partial charge in [0.15, 0.2) is 6.61 Å². The highest BCUT2D eigenvalue weighted by Gasteiger charge is 2.24. The second-order valence-corrected chi connectivity index (χ2v) is 4.65. The summed E-state index contributed by atoms with van der Waals surface area (Å²) in [4.78, 5) is 33.5. The van der Waals surface area contributed by atoms with Crippen molar-refractivity contribution in [1.29, 1.82) is 0 Å². The van der Waals surface area contributed by atoms with E-state index in [1.54, 1.807) is 7.05 Å². The van der Waals surface area contributed by atoms with Crippen LogP contribution in [0.4, 0.5) is 11.4 Å². The number of carbonyl (C=O) groups is 2. The number of carbonyl (C=O) groups excluding carboxylic acids is 2. The Balaban J connectivity index is 2.03. The third-order valence-corrected chi connectivity index (χ3v) is 2.98. The molecule has 8 heteroatoms. The van der Waals surface area contributed by atoms with Crippen molar-refractivity contribution >= 4 is 23.3 Å². The van der Waals surface area contributed by atoms with Gasteiger partial charge in [0.05, 0.1) is 10.5 Å². The van der Waals surface area contributed by atoms with Gasteiger partial charge >= 0.3 is 5.97 Å². The van der Waals surface area contributed by atoms with E-state index in [4.69, 9.17) is 4.74 Å². The average molecular weight is 293 g/mol. The summed E-state index contributed by atoms with van der Waals surface area (Å²) in [5.74, 6) is -1.16. The molecule has 2 rings (SSSR count). The van der Waals surface area contributed by atoms with Crippen LogP contribution in [0, 0.1) is 10.1 Å². The number of hydrogen-bond donors (Lipinski definition) is 2. The molecule has 0 bridgehead atoms. The first kappa shape index (κ1) is 14.8. The van der Waals surface area contributed by atoms with Crippen LogP contribution >= 0.6 is 0 Å². The molecule has 1 fully saturated rings. The molecule has 1 aromatic carbocycles. The molecule has 0 aliphatic heterocycles. The second-order valence-electron chi connectivity index (χ2n) is 4.65. The molecule has 0 radical (unpaired) electrons. The number of nitrogens with one attached hydrogen (secondary N) is 2. The van der Waals surface area contributed by atoms with Crippen LogP contribution < -0.4 is 10.6 Å². The smallest absolute Gasteiger partial charge is 0.341 e. The predicted molar refractivity (Wildman–Crippen MR) is 74.1 cm³/mol. The molecule has 112 valence electrons. The predicted octanol–water partition coefficient (Wildman–Crippen LogP) is 1.07. The van der Waals surface area contributed by atoms with E-state index in [0.717, 1.165) is 18.9 Å². The SMILES string of the molecule is CNc1ccc([N+](=O)[O-])cc1C(=O)OCC(=O)NC1CC1. The van der Waals surface area contributed by atoms with Crippen molar-refractivity contribution in [3.05, 3.63) is 33.9 Å². The van der Waals surface area contributed by atoms with Crippen molar-refractivity contribution in [1.82, 2.24) is 5.32 Å². The summed E-state index contributed by atoms with van der Waals surface area (Å²) in [6.45, 7) is -0.402. The Hall–Kier alpha value is -2.64. The van der Waals surface area contributed by atoms with Crippen molar-refractivity contribution in [2.45, 2.75) is 18.9 Å². The molecule has 8 nitrogen and oxygen atoms in total. The van der Waals surface area contributed by atoms with E-state index in [1.807, 2.05) is 0 Å². The van der Waals surface area contributed by atoms with Gasteiger partial charge in [-0.25, -0.2) is 4.79 Å². The van der Waals surface area contributed by atoms with Gasteiger partial charge in [-0.3, -0.25) is 14.9 Å². The van der Waals surface area contributed by atoms with Crippen LogP contribution in [0.15, 0.2) is 18.2 Å². The number of anilines is 1. The molecule has 1 saturated carbocycles. The summed E-state index contributed by atoms with van der Waals surface area (Å²) in [5.41, 5.74) is 0.197. The second kappa shape index (κ2) is 6.21. The van der Waals surface area contributed by atoms with E-state index in [9.17, 15) is 19.7 Å². The maximum Gasteiger partial charge on any atom is 0.341 e. The molecule has 1 aliphatic rings. The Morgan fingerprint density at radius 3 is 2.71 bits per heavy atom. The molecule has 1 aromatic rings. The maximum absolute atomic E-state index is 11.9. The van der Waals surface area contributed by atoms with Crippen LogP contribution in [0.5, 0.6) is 0 Å². The molecule has 2 N–H and O–H groups in total. The minimum absolute atomic E-state index is 0.0194. The topological polar surface area (TPSA) is 111 Å². The Kier molecular flexibility index (Phi) is 4.36. The van der Waals surface area contributed by atoms with Gasteiger partial charge in [-0.05, 0) is 18.9 Å². The van der Waals surface area contributed by atoms with Gasteiger partial charge in [0.2, 0.25) is 0 Å². The molecule has 1 aliphatic carbocycles. The number of ether oxygens (including phenoxy) is 1. The lowest BCUT2D eigenvalue weighted by Gasteiger charge is -2.09. The molecule has 0 saturated heterocycles. The van der Waals surface area contributed by atoms with Crippen LogP contribution in [0.1, 0.15) is 23.2 Å². The lowest BCUT2D eigenvalue weighted by atomic mass is 10.1.